The highest BCUT2D eigenvalue weighted by atomic mass is 16.5. The second kappa shape index (κ2) is 11.1. The molecule has 4 rings (SSSR count). The Labute approximate surface area is 206 Å². The predicted octanol–water partition coefficient (Wildman–Crippen LogP) is 6.52. The highest BCUT2D eigenvalue weighted by Crippen LogP contribution is 2.32. The molecule has 4 aromatic rings. The number of hydrogen-bond donors (Lipinski definition) is 0. The fraction of sp³-hybridized carbons (Fsp3) is 0.125. The number of hydrogen-bond acceptors (Lipinski definition) is 3. The third-order valence-corrected chi connectivity index (χ3v) is 5.91. The summed E-state index contributed by atoms with van der Waals surface area (Å²) in [4.78, 5) is 27.8. The Morgan fingerprint density at radius 1 is 0.686 bits per heavy atom. The molecular formula is C32H26O3. The molecule has 0 fully saturated rings. The van der Waals surface area contributed by atoms with Gasteiger partial charge in [-0.3, -0.25) is 9.59 Å². The van der Waals surface area contributed by atoms with Gasteiger partial charge in [-0.25, -0.2) is 0 Å². The summed E-state index contributed by atoms with van der Waals surface area (Å²) in [5.74, 6) is 4.99. The first kappa shape index (κ1) is 23.7. The quantitative estimate of drug-likeness (QED) is 0.180. The Morgan fingerprint density at radius 2 is 1.23 bits per heavy atom. The van der Waals surface area contributed by atoms with E-state index in [4.69, 9.17) is 4.74 Å². The number of benzene rings is 4. The first-order chi connectivity index (χ1) is 17.1. The Balaban J connectivity index is 1.86. The minimum Gasteiger partial charge on any atom is -0.497 e. The summed E-state index contributed by atoms with van der Waals surface area (Å²) in [6.07, 6.45) is 0. The van der Waals surface area contributed by atoms with Gasteiger partial charge in [0.2, 0.25) is 0 Å². The third-order valence-electron chi connectivity index (χ3n) is 5.91. The van der Waals surface area contributed by atoms with Gasteiger partial charge in [-0.1, -0.05) is 102 Å². The van der Waals surface area contributed by atoms with Crippen molar-refractivity contribution in [3.05, 3.63) is 137 Å². The van der Waals surface area contributed by atoms with Crippen molar-refractivity contribution in [3.8, 4) is 17.6 Å². The number of carbonyl (C=O) groups excluding carboxylic acids is 2. The average molecular weight is 459 g/mol. The molecule has 0 aromatic heterocycles. The van der Waals surface area contributed by atoms with Gasteiger partial charge in [0, 0.05) is 16.7 Å². The van der Waals surface area contributed by atoms with Crippen molar-refractivity contribution in [2.75, 3.05) is 7.11 Å². The zero-order valence-corrected chi connectivity index (χ0v) is 19.8. The molecule has 0 aliphatic rings. The van der Waals surface area contributed by atoms with Crippen molar-refractivity contribution in [1.82, 2.24) is 0 Å². The van der Waals surface area contributed by atoms with E-state index in [1.807, 2.05) is 79.7 Å². The molecule has 2 atom stereocenters. The molecular weight excluding hydrogens is 432 g/mol. The van der Waals surface area contributed by atoms with Crippen LogP contribution in [0.15, 0.2) is 109 Å². The lowest BCUT2D eigenvalue weighted by Gasteiger charge is -2.22. The summed E-state index contributed by atoms with van der Waals surface area (Å²) in [6, 6.07) is 33.2. The molecule has 0 heterocycles. The lowest BCUT2D eigenvalue weighted by molar-refractivity contribution is 0.0797. The molecule has 0 spiro atoms. The normalized spacial score (nSPS) is 12.1. The van der Waals surface area contributed by atoms with E-state index in [1.54, 1.807) is 43.5 Å². The molecule has 0 amide bonds. The van der Waals surface area contributed by atoms with Crippen LogP contribution in [0.3, 0.4) is 0 Å². The molecule has 0 saturated carbocycles. The van der Waals surface area contributed by atoms with Crippen LogP contribution in [-0.4, -0.2) is 18.7 Å². The van der Waals surface area contributed by atoms with Crippen molar-refractivity contribution < 1.29 is 14.3 Å². The number of methoxy groups -OCH3 is 1. The van der Waals surface area contributed by atoms with E-state index in [0.717, 1.165) is 16.7 Å². The Kier molecular flexibility index (Phi) is 7.55. The second-order valence-electron chi connectivity index (χ2n) is 8.32. The molecule has 35 heavy (non-hydrogen) atoms. The number of carbonyl (C=O) groups is 2. The van der Waals surface area contributed by atoms with Crippen molar-refractivity contribution in [2.24, 2.45) is 5.92 Å². The standard InChI is InChI=1S/C32H26O3/c1-23-13-16-27(17-14-23)32(34)30(31(33)26-11-7-4-8-12-26)29(22-15-24-9-5-3-6-10-24)25-18-20-28(35-2)21-19-25/h3-14,16-21,29-30H,1-2H3. The highest BCUT2D eigenvalue weighted by molar-refractivity contribution is 6.17. The lowest BCUT2D eigenvalue weighted by Crippen LogP contribution is -2.30. The van der Waals surface area contributed by atoms with Crippen LogP contribution in [-0.2, 0) is 0 Å². The summed E-state index contributed by atoms with van der Waals surface area (Å²) in [7, 11) is 1.60. The van der Waals surface area contributed by atoms with Crippen LogP contribution in [0, 0.1) is 24.7 Å². The minimum atomic E-state index is -1.01. The second-order valence-corrected chi connectivity index (χ2v) is 8.32. The van der Waals surface area contributed by atoms with E-state index < -0.39 is 11.8 Å². The third kappa shape index (κ3) is 5.75. The van der Waals surface area contributed by atoms with Crippen LogP contribution in [0.1, 0.15) is 43.3 Å². The van der Waals surface area contributed by atoms with E-state index in [1.165, 1.54) is 0 Å². The van der Waals surface area contributed by atoms with Gasteiger partial charge >= 0.3 is 0 Å². The summed E-state index contributed by atoms with van der Waals surface area (Å²) >= 11 is 0. The Morgan fingerprint density at radius 3 is 1.80 bits per heavy atom. The van der Waals surface area contributed by atoms with Gasteiger partial charge in [0.05, 0.1) is 13.0 Å². The van der Waals surface area contributed by atoms with Gasteiger partial charge in [-0.15, -0.1) is 0 Å². The predicted molar refractivity (Wildman–Crippen MR) is 139 cm³/mol. The van der Waals surface area contributed by atoms with Gasteiger partial charge in [0.15, 0.2) is 11.6 Å². The molecule has 0 N–H and O–H groups in total. The number of ketones is 2. The summed E-state index contributed by atoms with van der Waals surface area (Å²) in [5, 5.41) is 0. The van der Waals surface area contributed by atoms with E-state index in [-0.39, 0.29) is 11.6 Å². The molecule has 172 valence electrons. The van der Waals surface area contributed by atoms with Crippen molar-refractivity contribution >= 4 is 11.6 Å². The van der Waals surface area contributed by atoms with Crippen LogP contribution in [0.5, 0.6) is 5.75 Å². The average Bonchev–Trinajstić information content (AvgIpc) is 2.92. The van der Waals surface area contributed by atoms with E-state index in [0.29, 0.717) is 16.9 Å². The number of rotatable bonds is 7. The Bertz CT molecular complexity index is 1340. The number of aryl methyl sites for hydroxylation is 1. The lowest BCUT2D eigenvalue weighted by atomic mass is 9.77. The van der Waals surface area contributed by atoms with Gasteiger partial charge in [0.1, 0.15) is 11.7 Å². The zero-order chi connectivity index (χ0) is 24.6. The fourth-order valence-electron chi connectivity index (χ4n) is 3.95. The fourth-order valence-corrected chi connectivity index (χ4v) is 3.95. The van der Waals surface area contributed by atoms with Gasteiger partial charge in [-0.2, -0.15) is 0 Å². The number of ether oxygens (including phenoxy) is 1. The molecule has 2 unspecified atom stereocenters. The van der Waals surface area contributed by atoms with Gasteiger partial charge in [0.25, 0.3) is 0 Å². The van der Waals surface area contributed by atoms with E-state index >= 15 is 0 Å². The topological polar surface area (TPSA) is 43.4 Å². The SMILES string of the molecule is COc1ccc(C(C#Cc2ccccc2)C(C(=O)c2ccccc2)C(=O)c2ccc(C)cc2)cc1. The highest BCUT2D eigenvalue weighted by Gasteiger charge is 2.36. The van der Waals surface area contributed by atoms with Crippen molar-refractivity contribution in [2.45, 2.75) is 12.8 Å². The van der Waals surface area contributed by atoms with Gasteiger partial charge < -0.3 is 4.74 Å². The molecule has 0 saturated heterocycles. The van der Waals surface area contributed by atoms with Crippen LogP contribution in [0.25, 0.3) is 0 Å². The van der Waals surface area contributed by atoms with Crippen LogP contribution >= 0.6 is 0 Å². The van der Waals surface area contributed by atoms with Crippen LogP contribution < -0.4 is 4.74 Å². The Hall–Kier alpha value is -4.42. The first-order valence-electron chi connectivity index (χ1n) is 11.5. The van der Waals surface area contributed by atoms with E-state index in [9.17, 15) is 9.59 Å². The maximum atomic E-state index is 13.9. The van der Waals surface area contributed by atoms with Crippen LogP contribution in [0.2, 0.25) is 0 Å². The van der Waals surface area contributed by atoms with Crippen molar-refractivity contribution in [1.29, 1.82) is 0 Å². The molecule has 0 bridgehead atoms. The smallest absolute Gasteiger partial charge is 0.175 e. The maximum absolute atomic E-state index is 13.9. The van der Waals surface area contributed by atoms with E-state index in [2.05, 4.69) is 11.8 Å². The first-order valence-corrected chi connectivity index (χ1v) is 11.5. The molecule has 0 aliphatic heterocycles. The number of Topliss-reactive ketones (excluding diaryl/α,β-unsaturated/α-hetero) is 2. The zero-order valence-electron chi connectivity index (χ0n) is 19.8. The summed E-state index contributed by atoms with van der Waals surface area (Å²) in [5.41, 5.74) is 3.62. The van der Waals surface area contributed by atoms with Crippen molar-refractivity contribution in [3.63, 3.8) is 0 Å². The molecule has 3 heteroatoms. The largest absolute Gasteiger partial charge is 0.497 e. The molecule has 3 nitrogen and oxygen atoms in total. The molecule has 0 radical (unpaired) electrons. The van der Waals surface area contributed by atoms with Crippen LogP contribution in [0.4, 0.5) is 0 Å². The maximum Gasteiger partial charge on any atom is 0.175 e. The molecule has 4 aromatic carbocycles. The summed E-state index contributed by atoms with van der Waals surface area (Å²) in [6.45, 7) is 1.96. The molecule has 0 aliphatic carbocycles. The van der Waals surface area contributed by atoms with Gasteiger partial charge in [-0.05, 0) is 36.8 Å². The summed E-state index contributed by atoms with van der Waals surface area (Å²) < 4.78 is 5.31. The minimum absolute atomic E-state index is 0.248. The monoisotopic (exact) mass is 458 g/mol.